The van der Waals surface area contributed by atoms with Crippen molar-refractivity contribution in [3.05, 3.63) is 27.7 Å². The zero-order chi connectivity index (χ0) is 14.7. The minimum Gasteiger partial charge on any atom is -0.480 e. The van der Waals surface area contributed by atoms with Crippen LogP contribution in [0.4, 0.5) is 10.5 Å². The van der Waals surface area contributed by atoms with E-state index >= 15 is 0 Å². The number of halogens is 2. The molecule has 1 aromatic rings. The van der Waals surface area contributed by atoms with E-state index in [1.165, 1.54) is 4.90 Å². The zero-order valence-electron chi connectivity index (χ0n) is 10.6. The van der Waals surface area contributed by atoms with Gasteiger partial charge in [0.2, 0.25) is 0 Å². The summed E-state index contributed by atoms with van der Waals surface area (Å²) in [6, 6.07) is 3.90. The number of nitrogens with zero attached hydrogens (tertiary/aromatic N) is 1. The molecule has 0 bridgehead atoms. The summed E-state index contributed by atoms with van der Waals surface area (Å²) >= 11 is 9.31. The molecule has 1 unspecified atom stereocenters. The number of carbonyl (C=O) groups excluding carboxylic acids is 1. The summed E-state index contributed by atoms with van der Waals surface area (Å²) < 4.78 is 0.807. The van der Waals surface area contributed by atoms with E-state index < -0.39 is 18.0 Å². The zero-order valence-corrected chi connectivity index (χ0v) is 12.9. The molecule has 108 valence electrons. The van der Waals surface area contributed by atoms with Gasteiger partial charge in [-0.2, -0.15) is 0 Å². The van der Waals surface area contributed by atoms with Crippen molar-refractivity contribution in [1.82, 2.24) is 4.90 Å². The van der Waals surface area contributed by atoms with Gasteiger partial charge in [0, 0.05) is 11.0 Å². The molecule has 1 fully saturated rings. The SMILES string of the molecule is O=C(O)C1CCCCN1C(=O)Nc1ccc(Br)cc1Cl. The van der Waals surface area contributed by atoms with E-state index in [1.54, 1.807) is 18.2 Å². The highest BCUT2D eigenvalue weighted by Crippen LogP contribution is 2.26. The molecule has 1 aliphatic rings. The number of aliphatic carboxylic acids is 1. The molecule has 2 N–H and O–H groups in total. The first-order valence-electron chi connectivity index (χ1n) is 6.24. The second-order valence-electron chi connectivity index (χ2n) is 4.60. The molecule has 2 amide bonds. The van der Waals surface area contributed by atoms with Crippen LogP contribution >= 0.6 is 27.5 Å². The molecule has 0 spiro atoms. The molecule has 2 rings (SSSR count). The molecule has 0 saturated carbocycles. The number of benzene rings is 1. The van der Waals surface area contributed by atoms with E-state index in [1.807, 2.05) is 0 Å². The maximum atomic E-state index is 12.2. The number of hydrogen-bond donors (Lipinski definition) is 2. The fraction of sp³-hybridized carbons (Fsp3) is 0.385. The highest BCUT2D eigenvalue weighted by atomic mass is 79.9. The van der Waals surface area contributed by atoms with E-state index in [0.717, 1.165) is 17.3 Å². The third-order valence-electron chi connectivity index (χ3n) is 3.22. The van der Waals surface area contributed by atoms with Gasteiger partial charge in [-0.3, -0.25) is 0 Å². The van der Waals surface area contributed by atoms with Crippen LogP contribution in [0.2, 0.25) is 5.02 Å². The average molecular weight is 362 g/mol. The Morgan fingerprint density at radius 2 is 2.15 bits per heavy atom. The summed E-state index contributed by atoms with van der Waals surface area (Å²) in [6.07, 6.45) is 2.11. The largest absolute Gasteiger partial charge is 0.480 e. The van der Waals surface area contributed by atoms with Gasteiger partial charge < -0.3 is 15.3 Å². The van der Waals surface area contributed by atoms with E-state index in [4.69, 9.17) is 16.7 Å². The quantitative estimate of drug-likeness (QED) is 0.846. The molecule has 5 nitrogen and oxygen atoms in total. The van der Waals surface area contributed by atoms with Crippen LogP contribution in [-0.2, 0) is 4.79 Å². The van der Waals surface area contributed by atoms with Crippen LogP contribution < -0.4 is 5.32 Å². The summed E-state index contributed by atoms with van der Waals surface area (Å²) in [5.41, 5.74) is 0.467. The van der Waals surface area contributed by atoms with Gasteiger partial charge in [0.1, 0.15) is 6.04 Å². The number of amides is 2. The maximum absolute atomic E-state index is 12.2. The predicted octanol–water partition coefficient (Wildman–Crippen LogP) is 3.57. The van der Waals surface area contributed by atoms with Crippen LogP contribution in [0, 0.1) is 0 Å². The lowest BCUT2D eigenvalue weighted by Crippen LogP contribution is -2.49. The number of likely N-dealkylation sites (tertiary alicyclic amines) is 1. The van der Waals surface area contributed by atoms with Crippen molar-refractivity contribution in [3.8, 4) is 0 Å². The molecular formula is C13H14BrClN2O3. The fourth-order valence-corrected chi connectivity index (χ4v) is 2.93. The normalized spacial score (nSPS) is 18.7. The van der Waals surface area contributed by atoms with Crippen molar-refractivity contribution in [3.63, 3.8) is 0 Å². The number of nitrogens with one attached hydrogen (secondary N) is 1. The Kier molecular flexibility index (Phi) is 4.88. The monoisotopic (exact) mass is 360 g/mol. The minimum absolute atomic E-state index is 0.400. The molecule has 7 heteroatoms. The van der Waals surface area contributed by atoms with Crippen molar-refractivity contribution in [2.75, 3.05) is 11.9 Å². The van der Waals surface area contributed by atoms with E-state index in [9.17, 15) is 9.59 Å². The van der Waals surface area contributed by atoms with Crippen molar-refractivity contribution in [2.24, 2.45) is 0 Å². The summed E-state index contributed by atoms with van der Waals surface area (Å²) in [5, 5.41) is 12.2. The van der Waals surface area contributed by atoms with Gasteiger partial charge in [-0.15, -0.1) is 0 Å². The van der Waals surface area contributed by atoms with Gasteiger partial charge in [0.15, 0.2) is 0 Å². The molecule has 20 heavy (non-hydrogen) atoms. The molecule has 1 aliphatic heterocycles. The first kappa shape index (κ1) is 15.1. The molecule has 1 aromatic carbocycles. The Morgan fingerprint density at radius 3 is 2.80 bits per heavy atom. The lowest BCUT2D eigenvalue weighted by molar-refractivity contribution is -0.143. The number of rotatable bonds is 2. The summed E-state index contributed by atoms with van der Waals surface area (Å²) in [5.74, 6) is -0.971. The van der Waals surface area contributed by atoms with Crippen molar-refractivity contribution >= 4 is 45.2 Å². The standard InChI is InChI=1S/C13H14BrClN2O3/c14-8-4-5-10(9(15)7-8)16-13(20)17-6-2-1-3-11(17)12(18)19/h4-5,7,11H,1-3,6H2,(H,16,20)(H,18,19). The van der Waals surface area contributed by atoms with Crippen molar-refractivity contribution in [1.29, 1.82) is 0 Å². The highest BCUT2D eigenvalue weighted by molar-refractivity contribution is 9.10. The summed E-state index contributed by atoms with van der Waals surface area (Å²) in [4.78, 5) is 24.7. The lowest BCUT2D eigenvalue weighted by Gasteiger charge is -2.32. The number of anilines is 1. The van der Waals surface area contributed by atoms with Crippen LogP contribution in [-0.4, -0.2) is 34.6 Å². The van der Waals surface area contributed by atoms with Crippen LogP contribution in [0.5, 0.6) is 0 Å². The second-order valence-corrected chi connectivity index (χ2v) is 5.92. The predicted molar refractivity (Wildman–Crippen MR) is 80.2 cm³/mol. The lowest BCUT2D eigenvalue weighted by atomic mass is 10.0. The number of hydrogen-bond acceptors (Lipinski definition) is 2. The van der Waals surface area contributed by atoms with Gasteiger partial charge in [-0.1, -0.05) is 27.5 Å². The molecule has 1 atom stereocenters. The second kappa shape index (κ2) is 6.45. The average Bonchev–Trinajstić information content (AvgIpc) is 2.41. The van der Waals surface area contributed by atoms with Gasteiger partial charge in [-0.25, -0.2) is 9.59 Å². The molecular weight excluding hydrogens is 348 g/mol. The Bertz CT molecular complexity index is 538. The Labute approximate surface area is 130 Å². The van der Waals surface area contributed by atoms with Crippen LogP contribution in [0.3, 0.4) is 0 Å². The van der Waals surface area contributed by atoms with Gasteiger partial charge >= 0.3 is 12.0 Å². The Morgan fingerprint density at radius 1 is 1.40 bits per heavy atom. The van der Waals surface area contributed by atoms with Gasteiger partial charge in [-0.05, 0) is 37.5 Å². The van der Waals surface area contributed by atoms with Crippen molar-refractivity contribution in [2.45, 2.75) is 25.3 Å². The van der Waals surface area contributed by atoms with Crippen molar-refractivity contribution < 1.29 is 14.7 Å². The minimum atomic E-state index is -0.971. The molecule has 0 radical (unpaired) electrons. The van der Waals surface area contributed by atoms with E-state index in [0.29, 0.717) is 23.7 Å². The molecule has 0 aromatic heterocycles. The van der Waals surface area contributed by atoms with E-state index in [-0.39, 0.29) is 0 Å². The third kappa shape index (κ3) is 3.43. The van der Waals surface area contributed by atoms with Crippen LogP contribution in [0.1, 0.15) is 19.3 Å². The van der Waals surface area contributed by atoms with Crippen LogP contribution in [0.25, 0.3) is 0 Å². The first-order chi connectivity index (χ1) is 9.49. The molecule has 1 saturated heterocycles. The molecule has 0 aliphatic carbocycles. The third-order valence-corrected chi connectivity index (χ3v) is 4.03. The fourth-order valence-electron chi connectivity index (χ4n) is 2.21. The first-order valence-corrected chi connectivity index (χ1v) is 7.41. The number of piperidine rings is 1. The summed E-state index contributed by atoms with van der Waals surface area (Å²) in [6.45, 7) is 0.441. The Hall–Kier alpha value is -1.27. The van der Waals surface area contributed by atoms with Gasteiger partial charge in [0.25, 0.3) is 0 Å². The van der Waals surface area contributed by atoms with Crippen LogP contribution in [0.15, 0.2) is 22.7 Å². The maximum Gasteiger partial charge on any atom is 0.326 e. The number of carboxylic acid groups (broad SMARTS) is 1. The smallest absolute Gasteiger partial charge is 0.326 e. The topological polar surface area (TPSA) is 69.6 Å². The van der Waals surface area contributed by atoms with E-state index in [2.05, 4.69) is 21.2 Å². The Balaban J connectivity index is 2.12. The number of carbonyl (C=O) groups is 2. The van der Waals surface area contributed by atoms with Gasteiger partial charge in [0.05, 0.1) is 10.7 Å². The number of urea groups is 1. The molecule has 1 heterocycles. The number of carboxylic acids is 1. The highest BCUT2D eigenvalue weighted by Gasteiger charge is 2.32. The summed E-state index contributed by atoms with van der Waals surface area (Å²) in [7, 11) is 0.